The number of methoxy groups -OCH3 is 1. The highest BCUT2D eigenvalue weighted by molar-refractivity contribution is 6.42. The molecule has 0 saturated heterocycles. The monoisotopic (exact) mass is 615 g/mol. The minimum atomic E-state index is -1.61. The molecule has 12 heteroatoms. The van der Waals surface area contributed by atoms with Gasteiger partial charge in [0.1, 0.15) is 6.10 Å². The standard InChI is InChI=1S/C30H27Cl2NO9/c1-14(33-26(34)22-23(27(35)36)25(30(40)41-2)24(22)28(37)38)21(12-15-7-10-19(31)20(32)11-15)42-29(39)18-9-8-16-5-3-4-6-17(16)13-18/h3-11,13-14,21-25H,12H2,1-2H3,(H,33,34)(H,35,36)(H,37,38)/t14-,21+,22?,23+,24+,25?/m0/s1. The molecule has 1 saturated carbocycles. The number of hydrogen-bond acceptors (Lipinski definition) is 7. The van der Waals surface area contributed by atoms with Crippen LogP contribution >= 0.6 is 23.2 Å². The molecule has 4 rings (SSSR count). The summed E-state index contributed by atoms with van der Waals surface area (Å²) >= 11 is 12.2. The maximum absolute atomic E-state index is 13.3. The van der Waals surface area contributed by atoms with Gasteiger partial charge in [0.2, 0.25) is 5.91 Å². The molecule has 1 amide bonds. The number of hydrogen-bond donors (Lipinski definition) is 3. The van der Waals surface area contributed by atoms with Crippen molar-refractivity contribution in [3.05, 3.63) is 81.8 Å². The van der Waals surface area contributed by atoms with Crippen LogP contribution in [-0.4, -0.2) is 59.3 Å². The highest BCUT2D eigenvalue weighted by Gasteiger charge is 2.64. The normalized spacial score (nSPS) is 21.0. The molecule has 4 atom stereocenters. The lowest BCUT2D eigenvalue weighted by molar-refractivity contribution is -0.188. The van der Waals surface area contributed by atoms with Gasteiger partial charge in [-0.2, -0.15) is 0 Å². The third kappa shape index (κ3) is 6.34. The van der Waals surface area contributed by atoms with Crippen molar-refractivity contribution in [1.82, 2.24) is 5.32 Å². The fraction of sp³-hybridized carbons (Fsp3) is 0.300. The molecule has 1 aliphatic rings. The van der Waals surface area contributed by atoms with E-state index in [4.69, 9.17) is 27.9 Å². The van der Waals surface area contributed by atoms with Gasteiger partial charge in [-0.25, -0.2) is 4.79 Å². The first kappa shape index (κ1) is 30.8. The van der Waals surface area contributed by atoms with E-state index in [1.54, 1.807) is 36.4 Å². The van der Waals surface area contributed by atoms with Crippen molar-refractivity contribution in [3.63, 3.8) is 0 Å². The van der Waals surface area contributed by atoms with Gasteiger partial charge in [0, 0.05) is 6.42 Å². The number of amides is 1. The van der Waals surface area contributed by atoms with E-state index in [-0.39, 0.29) is 17.0 Å². The molecule has 0 aromatic heterocycles. The van der Waals surface area contributed by atoms with Crippen molar-refractivity contribution < 1.29 is 43.7 Å². The second-order valence-corrected chi connectivity index (χ2v) is 10.9. The number of carbonyl (C=O) groups is 5. The van der Waals surface area contributed by atoms with Crippen LogP contribution in [0.3, 0.4) is 0 Å². The van der Waals surface area contributed by atoms with Crippen molar-refractivity contribution in [1.29, 1.82) is 0 Å². The zero-order chi connectivity index (χ0) is 30.7. The van der Waals surface area contributed by atoms with Crippen molar-refractivity contribution in [2.75, 3.05) is 7.11 Å². The molecule has 10 nitrogen and oxygen atoms in total. The summed E-state index contributed by atoms with van der Waals surface area (Å²) in [4.78, 5) is 62.6. The molecular weight excluding hydrogens is 589 g/mol. The fourth-order valence-corrected chi connectivity index (χ4v) is 5.59. The van der Waals surface area contributed by atoms with Gasteiger partial charge < -0.3 is 25.0 Å². The number of fused-ring (bicyclic) bond motifs is 1. The molecule has 0 spiro atoms. The van der Waals surface area contributed by atoms with Crippen LogP contribution in [0.15, 0.2) is 60.7 Å². The van der Waals surface area contributed by atoms with Crippen LogP contribution < -0.4 is 5.32 Å². The van der Waals surface area contributed by atoms with E-state index in [1.807, 2.05) is 24.3 Å². The Labute approximate surface area is 250 Å². The quantitative estimate of drug-likeness (QED) is 0.284. The minimum Gasteiger partial charge on any atom is -0.481 e. The molecule has 3 aromatic carbocycles. The maximum Gasteiger partial charge on any atom is 0.338 e. The van der Waals surface area contributed by atoms with Crippen LogP contribution in [0.25, 0.3) is 10.8 Å². The number of esters is 2. The van der Waals surface area contributed by atoms with E-state index in [1.165, 1.54) is 6.92 Å². The SMILES string of the molecule is COC(=O)C1[C@H](C(=O)O)C(C(=O)N[C@@H](C)[C@@H](Cc2ccc(Cl)c(Cl)c2)OC(=O)c2ccc3ccccc3c2)[C@H]1C(=O)O. The number of carboxylic acid groups (broad SMARTS) is 2. The number of benzene rings is 3. The topological polar surface area (TPSA) is 156 Å². The number of ether oxygens (including phenoxy) is 2. The van der Waals surface area contributed by atoms with E-state index < -0.39 is 65.6 Å². The predicted octanol–water partition coefficient (Wildman–Crippen LogP) is 4.24. The van der Waals surface area contributed by atoms with Crippen molar-refractivity contribution in [2.45, 2.75) is 25.5 Å². The predicted molar refractivity (Wildman–Crippen MR) is 152 cm³/mol. The lowest BCUT2D eigenvalue weighted by Crippen LogP contribution is -2.63. The molecule has 1 aliphatic carbocycles. The average molecular weight is 616 g/mol. The van der Waals surface area contributed by atoms with Crippen LogP contribution in [0.1, 0.15) is 22.8 Å². The molecule has 0 heterocycles. The van der Waals surface area contributed by atoms with Gasteiger partial charge in [0.05, 0.1) is 52.4 Å². The molecule has 220 valence electrons. The number of carboxylic acids is 2. The molecule has 0 unspecified atom stereocenters. The summed E-state index contributed by atoms with van der Waals surface area (Å²) in [6.07, 6.45) is -0.911. The lowest BCUT2D eigenvalue weighted by Gasteiger charge is -2.45. The number of carbonyl (C=O) groups excluding carboxylic acids is 3. The average Bonchev–Trinajstić information content (AvgIpc) is 2.93. The van der Waals surface area contributed by atoms with E-state index in [9.17, 15) is 34.2 Å². The van der Waals surface area contributed by atoms with Crippen LogP contribution in [0.5, 0.6) is 0 Å². The lowest BCUT2D eigenvalue weighted by atomic mass is 9.56. The number of rotatable bonds is 10. The third-order valence-corrected chi connectivity index (χ3v) is 8.23. The van der Waals surface area contributed by atoms with Gasteiger partial charge in [0.25, 0.3) is 0 Å². The molecule has 42 heavy (non-hydrogen) atoms. The van der Waals surface area contributed by atoms with Gasteiger partial charge in [-0.05, 0) is 47.5 Å². The third-order valence-electron chi connectivity index (χ3n) is 7.49. The summed E-state index contributed by atoms with van der Waals surface area (Å²) in [5.41, 5.74) is 0.895. The van der Waals surface area contributed by atoms with E-state index in [2.05, 4.69) is 10.1 Å². The second-order valence-electron chi connectivity index (χ2n) is 10.1. The van der Waals surface area contributed by atoms with Gasteiger partial charge in [0.15, 0.2) is 0 Å². The number of halogens is 2. The Morgan fingerprint density at radius 1 is 0.833 bits per heavy atom. The zero-order valence-corrected chi connectivity index (χ0v) is 24.0. The summed E-state index contributed by atoms with van der Waals surface area (Å²) in [7, 11) is 1.01. The van der Waals surface area contributed by atoms with Crippen molar-refractivity contribution >= 4 is 63.8 Å². The molecule has 3 N–H and O–H groups in total. The summed E-state index contributed by atoms with van der Waals surface area (Å²) in [5.74, 6) is -12.0. The minimum absolute atomic E-state index is 0.0812. The van der Waals surface area contributed by atoms with Gasteiger partial charge >= 0.3 is 23.9 Å². The first-order valence-electron chi connectivity index (χ1n) is 12.9. The largest absolute Gasteiger partial charge is 0.481 e. The Kier molecular flexibility index (Phi) is 9.38. The van der Waals surface area contributed by atoms with Gasteiger partial charge in [-0.3, -0.25) is 19.2 Å². The first-order chi connectivity index (χ1) is 19.9. The van der Waals surface area contributed by atoms with Gasteiger partial charge in [-0.15, -0.1) is 0 Å². The second kappa shape index (κ2) is 12.8. The molecular formula is C30H27Cl2NO9. The van der Waals surface area contributed by atoms with E-state index in [0.717, 1.165) is 17.9 Å². The Balaban J connectivity index is 1.59. The van der Waals surface area contributed by atoms with Crippen molar-refractivity contribution in [3.8, 4) is 0 Å². The van der Waals surface area contributed by atoms with E-state index in [0.29, 0.717) is 10.6 Å². The highest BCUT2D eigenvalue weighted by atomic mass is 35.5. The number of nitrogens with one attached hydrogen (secondary N) is 1. The molecule has 0 radical (unpaired) electrons. The smallest absolute Gasteiger partial charge is 0.338 e. The van der Waals surface area contributed by atoms with Crippen LogP contribution in [-0.2, 0) is 35.1 Å². The van der Waals surface area contributed by atoms with Gasteiger partial charge in [-0.1, -0.05) is 59.6 Å². The Bertz CT molecular complexity index is 1540. The molecule has 0 aliphatic heterocycles. The molecule has 3 aromatic rings. The summed E-state index contributed by atoms with van der Waals surface area (Å²) < 4.78 is 10.4. The summed E-state index contributed by atoms with van der Waals surface area (Å²) in [6.45, 7) is 1.54. The van der Waals surface area contributed by atoms with Crippen molar-refractivity contribution in [2.24, 2.45) is 23.7 Å². The Hall–Kier alpha value is -4.15. The van der Waals surface area contributed by atoms with Crippen LogP contribution in [0.4, 0.5) is 0 Å². The Morgan fingerprint density at radius 3 is 2.07 bits per heavy atom. The molecule has 0 bridgehead atoms. The Morgan fingerprint density at radius 2 is 1.48 bits per heavy atom. The summed E-state index contributed by atoms with van der Waals surface area (Å²) in [6, 6.07) is 16.4. The highest BCUT2D eigenvalue weighted by Crippen LogP contribution is 2.47. The maximum atomic E-state index is 13.3. The van der Waals surface area contributed by atoms with E-state index >= 15 is 0 Å². The fourth-order valence-electron chi connectivity index (χ4n) is 5.27. The zero-order valence-electron chi connectivity index (χ0n) is 22.5. The number of aliphatic carboxylic acids is 2. The van der Waals surface area contributed by atoms with Crippen LogP contribution in [0.2, 0.25) is 10.0 Å². The molecule has 1 fully saturated rings. The first-order valence-corrected chi connectivity index (χ1v) is 13.7. The van der Waals surface area contributed by atoms with Crippen LogP contribution in [0, 0.1) is 23.7 Å². The summed E-state index contributed by atoms with van der Waals surface area (Å²) in [5, 5.41) is 24.3.